The molecule has 0 aromatic carbocycles. The van der Waals surface area contributed by atoms with Crippen molar-refractivity contribution in [2.45, 2.75) is 26.3 Å². The molecule has 1 aromatic rings. The van der Waals surface area contributed by atoms with Crippen LogP contribution in [0.15, 0.2) is 18.3 Å². The van der Waals surface area contributed by atoms with E-state index in [2.05, 4.69) is 28.2 Å². The lowest BCUT2D eigenvalue weighted by Crippen LogP contribution is -2.36. The minimum Gasteiger partial charge on any atom is -0.317 e. The van der Waals surface area contributed by atoms with E-state index in [0.29, 0.717) is 5.69 Å². The Morgan fingerprint density at radius 1 is 1.47 bits per heavy atom. The maximum atomic E-state index is 9.09. The summed E-state index contributed by atoms with van der Waals surface area (Å²) < 4.78 is 0. The van der Waals surface area contributed by atoms with Crippen LogP contribution >= 0.6 is 0 Å². The van der Waals surface area contributed by atoms with Gasteiger partial charge < -0.3 is 5.32 Å². The first-order valence-corrected chi connectivity index (χ1v) is 7.10. The van der Waals surface area contributed by atoms with Gasteiger partial charge in [-0.25, -0.2) is 4.98 Å². The van der Waals surface area contributed by atoms with E-state index >= 15 is 0 Å². The number of nitriles is 1. The Morgan fingerprint density at radius 2 is 2.26 bits per heavy atom. The van der Waals surface area contributed by atoms with Crippen LogP contribution in [-0.2, 0) is 6.54 Å². The molecule has 1 fully saturated rings. The summed E-state index contributed by atoms with van der Waals surface area (Å²) in [5.74, 6) is 0.781. The zero-order valence-corrected chi connectivity index (χ0v) is 11.6. The molecule has 4 heteroatoms. The predicted molar refractivity (Wildman–Crippen MR) is 75.5 cm³/mol. The second kappa shape index (κ2) is 7.22. The van der Waals surface area contributed by atoms with E-state index in [0.717, 1.165) is 44.2 Å². The highest BCUT2D eigenvalue weighted by atomic mass is 15.1. The van der Waals surface area contributed by atoms with Crippen molar-refractivity contribution in [3.8, 4) is 6.07 Å². The third-order valence-corrected chi connectivity index (χ3v) is 3.81. The van der Waals surface area contributed by atoms with Crippen molar-refractivity contribution in [2.24, 2.45) is 5.92 Å². The molecule has 0 spiro atoms. The van der Waals surface area contributed by atoms with E-state index in [1.165, 1.54) is 12.8 Å². The normalized spacial score (nSPS) is 16.5. The fourth-order valence-electron chi connectivity index (χ4n) is 2.64. The van der Waals surface area contributed by atoms with Crippen molar-refractivity contribution in [1.82, 2.24) is 15.2 Å². The van der Waals surface area contributed by atoms with Gasteiger partial charge in [-0.15, -0.1) is 0 Å². The summed E-state index contributed by atoms with van der Waals surface area (Å²) in [7, 11) is 0. The van der Waals surface area contributed by atoms with Gasteiger partial charge in [0.15, 0.2) is 0 Å². The molecule has 0 radical (unpaired) electrons. The molecule has 1 N–H and O–H groups in total. The summed E-state index contributed by atoms with van der Waals surface area (Å²) in [5, 5.41) is 12.5. The van der Waals surface area contributed by atoms with Gasteiger partial charge in [0, 0.05) is 24.8 Å². The monoisotopic (exact) mass is 258 g/mol. The van der Waals surface area contributed by atoms with Crippen LogP contribution in [0.3, 0.4) is 0 Å². The molecule has 1 saturated heterocycles. The first-order valence-electron chi connectivity index (χ1n) is 7.10. The molecule has 4 nitrogen and oxygen atoms in total. The fourth-order valence-corrected chi connectivity index (χ4v) is 2.64. The van der Waals surface area contributed by atoms with Gasteiger partial charge in [0.1, 0.15) is 11.8 Å². The number of rotatable bonds is 5. The van der Waals surface area contributed by atoms with E-state index < -0.39 is 0 Å². The molecule has 0 unspecified atom stereocenters. The molecule has 1 aromatic heterocycles. The van der Waals surface area contributed by atoms with Crippen molar-refractivity contribution in [3.63, 3.8) is 0 Å². The largest absolute Gasteiger partial charge is 0.317 e. The van der Waals surface area contributed by atoms with Gasteiger partial charge in [-0.2, -0.15) is 5.26 Å². The number of hydrogen-bond donors (Lipinski definition) is 1. The second-order valence-corrected chi connectivity index (χ2v) is 5.14. The zero-order valence-electron chi connectivity index (χ0n) is 11.6. The Bertz CT molecular complexity index is 432. The standard InChI is InChI=1S/C15H22N4/c1-2-19(11-13-5-8-17-9-6-13)12-14-4-3-7-18-15(14)10-16/h3-4,7,13,17H,2,5-6,8-9,11-12H2,1H3. The Morgan fingerprint density at radius 3 is 2.95 bits per heavy atom. The molecule has 2 heterocycles. The average Bonchev–Trinajstić information content (AvgIpc) is 2.48. The Labute approximate surface area is 115 Å². The van der Waals surface area contributed by atoms with E-state index in [1.54, 1.807) is 6.20 Å². The van der Waals surface area contributed by atoms with Crippen molar-refractivity contribution < 1.29 is 0 Å². The number of nitrogens with one attached hydrogen (secondary N) is 1. The fraction of sp³-hybridized carbons (Fsp3) is 0.600. The van der Waals surface area contributed by atoms with E-state index in [9.17, 15) is 0 Å². The van der Waals surface area contributed by atoms with Crippen LogP contribution in [0.4, 0.5) is 0 Å². The summed E-state index contributed by atoms with van der Waals surface area (Å²) in [5.41, 5.74) is 1.60. The van der Waals surface area contributed by atoms with Crippen LogP contribution in [0.25, 0.3) is 0 Å². The first kappa shape index (κ1) is 14.0. The predicted octanol–water partition coefficient (Wildman–Crippen LogP) is 1.77. The van der Waals surface area contributed by atoms with Gasteiger partial charge in [-0.3, -0.25) is 4.90 Å². The highest BCUT2D eigenvalue weighted by Crippen LogP contribution is 2.16. The van der Waals surface area contributed by atoms with Crippen molar-refractivity contribution in [1.29, 1.82) is 5.26 Å². The van der Waals surface area contributed by atoms with E-state index in [-0.39, 0.29) is 0 Å². The molecule has 19 heavy (non-hydrogen) atoms. The Balaban J connectivity index is 1.96. The molecule has 102 valence electrons. The third-order valence-electron chi connectivity index (χ3n) is 3.81. The van der Waals surface area contributed by atoms with Gasteiger partial charge in [-0.05, 0) is 44.5 Å². The summed E-state index contributed by atoms with van der Waals surface area (Å²) >= 11 is 0. The SMILES string of the molecule is CCN(Cc1cccnc1C#N)CC1CCNCC1. The molecular formula is C15H22N4. The topological polar surface area (TPSA) is 52.0 Å². The minimum atomic E-state index is 0.561. The molecule has 0 aliphatic carbocycles. The Hall–Kier alpha value is -1.44. The maximum Gasteiger partial charge on any atom is 0.144 e. The Kier molecular flexibility index (Phi) is 5.31. The summed E-state index contributed by atoms with van der Waals surface area (Å²) in [6.45, 7) is 7.43. The van der Waals surface area contributed by atoms with Gasteiger partial charge in [0.2, 0.25) is 0 Å². The van der Waals surface area contributed by atoms with Crippen LogP contribution in [-0.4, -0.2) is 36.1 Å². The van der Waals surface area contributed by atoms with Crippen molar-refractivity contribution in [3.05, 3.63) is 29.6 Å². The van der Waals surface area contributed by atoms with Gasteiger partial charge in [-0.1, -0.05) is 13.0 Å². The molecule has 0 atom stereocenters. The van der Waals surface area contributed by atoms with Crippen LogP contribution in [0.5, 0.6) is 0 Å². The quantitative estimate of drug-likeness (QED) is 0.874. The molecular weight excluding hydrogens is 236 g/mol. The lowest BCUT2D eigenvalue weighted by atomic mass is 9.97. The molecule has 0 bridgehead atoms. The van der Waals surface area contributed by atoms with Crippen LogP contribution < -0.4 is 5.32 Å². The summed E-state index contributed by atoms with van der Waals surface area (Å²) in [6, 6.07) is 6.10. The van der Waals surface area contributed by atoms with Crippen LogP contribution in [0.2, 0.25) is 0 Å². The first-order chi connectivity index (χ1) is 9.33. The van der Waals surface area contributed by atoms with Crippen molar-refractivity contribution >= 4 is 0 Å². The van der Waals surface area contributed by atoms with Crippen molar-refractivity contribution in [2.75, 3.05) is 26.2 Å². The number of piperidine rings is 1. The number of hydrogen-bond acceptors (Lipinski definition) is 4. The molecule has 1 aliphatic rings. The van der Waals surface area contributed by atoms with Gasteiger partial charge in [0.05, 0.1) is 0 Å². The maximum absolute atomic E-state index is 9.09. The molecule has 1 aliphatic heterocycles. The zero-order chi connectivity index (χ0) is 13.5. The lowest BCUT2D eigenvalue weighted by Gasteiger charge is -2.29. The number of aromatic nitrogens is 1. The average molecular weight is 258 g/mol. The minimum absolute atomic E-state index is 0.561. The highest BCUT2D eigenvalue weighted by molar-refractivity contribution is 5.30. The molecule has 0 amide bonds. The molecule has 2 rings (SSSR count). The highest BCUT2D eigenvalue weighted by Gasteiger charge is 2.17. The van der Waals surface area contributed by atoms with Crippen LogP contribution in [0.1, 0.15) is 31.0 Å². The van der Waals surface area contributed by atoms with Gasteiger partial charge in [0.25, 0.3) is 0 Å². The van der Waals surface area contributed by atoms with Crippen LogP contribution in [0, 0.1) is 17.2 Å². The third kappa shape index (κ3) is 4.02. The molecule has 0 saturated carbocycles. The smallest absolute Gasteiger partial charge is 0.144 e. The summed E-state index contributed by atoms with van der Waals surface area (Å²) in [6.07, 6.45) is 4.20. The lowest BCUT2D eigenvalue weighted by molar-refractivity contribution is 0.207. The number of pyridine rings is 1. The van der Waals surface area contributed by atoms with E-state index in [4.69, 9.17) is 5.26 Å². The summed E-state index contributed by atoms with van der Waals surface area (Å²) in [4.78, 5) is 6.56. The number of nitrogens with zero attached hydrogens (tertiary/aromatic N) is 3. The van der Waals surface area contributed by atoms with E-state index in [1.807, 2.05) is 12.1 Å². The van der Waals surface area contributed by atoms with Gasteiger partial charge >= 0.3 is 0 Å². The second-order valence-electron chi connectivity index (χ2n) is 5.14.